The highest BCUT2D eigenvalue weighted by Crippen LogP contribution is 2.20. The molecule has 0 N–H and O–H groups in total. The van der Waals surface area contributed by atoms with E-state index in [4.69, 9.17) is 14.2 Å². The predicted molar refractivity (Wildman–Crippen MR) is 95.9 cm³/mol. The number of hydrogen-bond acceptors (Lipinski definition) is 4. The summed E-state index contributed by atoms with van der Waals surface area (Å²) in [5, 5.41) is 0. The first-order valence-electron chi connectivity index (χ1n) is 7.92. The fourth-order valence-corrected chi connectivity index (χ4v) is 2.01. The van der Waals surface area contributed by atoms with Gasteiger partial charge in [0.1, 0.15) is 5.75 Å². The number of methoxy groups -OCH3 is 1. The van der Waals surface area contributed by atoms with Crippen molar-refractivity contribution < 1.29 is 19.0 Å². The molecular weight excluding hydrogens is 316 g/mol. The number of esters is 1. The Bertz CT molecular complexity index is 752. The molecule has 128 valence electrons. The average molecular weight is 336 g/mol. The maximum atomic E-state index is 11.4. The third-order valence-electron chi connectivity index (χ3n) is 3.25. The molecule has 0 aliphatic heterocycles. The molecule has 0 aliphatic rings. The second kappa shape index (κ2) is 9.84. The third kappa shape index (κ3) is 6.08. The molecule has 0 fully saturated rings. The second-order valence-corrected chi connectivity index (χ2v) is 4.98. The summed E-state index contributed by atoms with van der Waals surface area (Å²) in [7, 11) is 1.61. The van der Waals surface area contributed by atoms with E-state index in [-0.39, 0.29) is 0 Å². The highest BCUT2D eigenvalue weighted by molar-refractivity contribution is 5.81. The number of hydrogen-bond donors (Lipinski definition) is 0. The van der Waals surface area contributed by atoms with Gasteiger partial charge in [0.2, 0.25) is 0 Å². The van der Waals surface area contributed by atoms with E-state index < -0.39 is 12.1 Å². The molecule has 1 unspecified atom stereocenters. The van der Waals surface area contributed by atoms with Crippen molar-refractivity contribution in [2.24, 2.45) is 0 Å². The lowest BCUT2D eigenvalue weighted by molar-refractivity contribution is -0.137. The Morgan fingerprint density at radius 2 is 1.84 bits per heavy atom. The second-order valence-electron chi connectivity index (χ2n) is 4.98. The van der Waals surface area contributed by atoms with Gasteiger partial charge in [-0.05, 0) is 37.1 Å². The van der Waals surface area contributed by atoms with Gasteiger partial charge in [-0.15, -0.1) is 0 Å². The molecule has 0 heterocycles. The number of carbonyl (C=O) groups is 1. The quantitative estimate of drug-likeness (QED) is 0.347. The van der Waals surface area contributed by atoms with Crippen LogP contribution in [0.2, 0.25) is 0 Å². The Morgan fingerprint density at radius 3 is 2.48 bits per heavy atom. The summed E-state index contributed by atoms with van der Waals surface area (Å²) < 4.78 is 15.6. The molecule has 2 rings (SSSR count). The molecule has 0 aliphatic carbocycles. The van der Waals surface area contributed by atoms with Gasteiger partial charge in [0.15, 0.2) is 6.10 Å². The number of benzene rings is 2. The van der Waals surface area contributed by atoms with Gasteiger partial charge in [-0.2, -0.15) is 0 Å². The molecule has 0 radical (unpaired) electrons. The van der Waals surface area contributed by atoms with Crippen LogP contribution in [0.15, 0.2) is 66.9 Å². The molecule has 25 heavy (non-hydrogen) atoms. The molecule has 0 bridgehead atoms. The minimum absolute atomic E-state index is 0.318. The van der Waals surface area contributed by atoms with E-state index in [0.29, 0.717) is 6.61 Å². The standard InChI is InChI=1S/C21H20O4/c1-3-24-21(22)15-16-25-20(14-9-17-7-5-4-6-8-17)18-10-12-19(23-2)13-11-18/h4-8,10-13,15-16,20H,3H2,1-2H3/b16-15+. The largest absolute Gasteiger partial charge is 0.497 e. The highest BCUT2D eigenvalue weighted by Gasteiger charge is 2.08. The maximum Gasteiger partial charge on any atom is 0.333 e. The van der Waals surface area contributed by atoms with Crippen LogP contribution in [-0.2, 0) is 14.3 Å². The topological polar surface area (TPSA) is 44.8 Å². The van der Waals surface area contributed by atoms with Gasteiger partial charge in [0.05, 0.1) is 26.1 Å². The van der Waals surface area contributed by atoms with E-state index in [2.05, 4.69) is 11.8 Å². The van der Waals surface area contributed by atoms with Crippen LogP contribution in [0.5, 0.6) is 5.75 Å². The van der Waals surface area contributed by atoms with E-state index in [1.807, 2.05) is 54.6 Å². The van der Waals surface area contributed by atoms with E-state index >= 15 is 0 Å². The lowest BCUT2D eigenvalue weighted by atomic mass is 10.1. The highest BCUT2D eigenvalue weighted by atomic mass is 16.5. The first kappa shape index (κ1) is 18.2. The normalized spacial score (nSPS) is 11.3. The minimum Gasteiger partial charge on any atom is -0.497 e. The van der Waals surface area contributed by atoms with Crippen molar-refractivity contribution in [2.45, 2.75) is 13.0 Å². The van der Waals surface area contributed by atoms with Crippen LogP contribution in [-0.4, -0.2) is 19.7 Å². The molecule has 2 aromatic rings. The van der Waals surface area contributed by atoms with Crippen LogP contribution < -0.4 is 4.74 Å². The van der Waals surface area contributed by atoms with Crippen molar-refractivity contribution in [1.82, 2.24) is 0 Å². The minimum atomic E-state index is -0.517. The number of ether oxygens (including phenoxy) is 3. The molecule has 0 aromatic heterocycles. The van der Waals surface area contributed by atoms with Crippen LogP contribution in [0, 0.1) is 11.8 Å². The van der Waals surface area contributed by atoms with E-state index in [1.165, 1.54) is 12.3 Å². The molecule has 1 atom stereocenters. The van der Waals surface area contributed by atoms with Gasteiger partial charge in [-0.3, -0.25) is 0 Å². The van der Waals surface area contributed by atoms with Crippen molar-refractivity contribution in [3.8, 4) is 17.6 Å². The zero-order valence-electron chi connectivity index (χ0n) is 14.3. The summed E-state index contributed by atoms with van der Waals surface area (Å²) >= 11 is 0. The van der Waals surface area contributed by atoms with E-state index in [0.717, 1.165) is 16.9 Å². The number of rotatable bonds is 6. The van der Waals surface area contributed by atoms with Gasteiger partial charge < -0.3 is 14.2 Å². The summed E-state index contributed by atoms with van der Waals surface area (Å²) in [5.41, 5.74) is 1.75. The Balaban J connectivity index is 2.18. The summed E-state index contributed by atoms with van der Waals surface area (Å²) in [6, 6.07) is 17.1. The third-order valence-corrected chi connectivity index (χ3v) is 3.25. The maximum absolute atomic E-state index is 11.4. The van der Waals surface area contributed by atoms with E-state index in [9.17, 15) is 4.79 Å². The molecule has 0 saturated heterocycles. The van der Waals surface area contributed by atoms with Crippen LogP contribution >= 0.6 is 0 Å². The number of carbonyl (C=O) groups excluding carboxylic acids is 1. The van der Waals surface area contributed by atoms with Gasteiger partial charge in [0.25, 0.3) is 0 Å². The van der Waals surface area contributed by atoms with Crippen molar-refractivity contribution in [3.05, 3.63) is 78.1 Å². The Morgan fingerprint density at radius 1 is 1.12 bits per heavy atom. The lowest BCUT2D eigenvalue weighted by Crippen LogP contribution is -2.01. The lowest BCUT2D eigenvalue weighted by Gasteiger charge is -2.11. The molecule has 4 heteroatoms. The fourth-order valence-electron chi connectivity index (χ4n) is 2.01. The van der Waals surface area contributed by atoms with Gasteiger partial charge in [0, 0.05) is 11.1 Å². The van der Waals surface area contributed by atoms with Crippen LogP contribution in [0.1, 0.15) is 24.2 Å². The summed E-state index contributed by atoms with van der Waals surface area (Å²) in [6.45, 7) is 2.07. The molecule has 4 nitrogen and oxygen atoms in total. The SMILES string of the molecule is CCOC(=O)/C=C/OC(C#Cc1ccccc1)c1ccc(OC)cc1. The van der Waals surface area contributed by atoms with Crippen molar-refractivity contribution in [3.63, 3.8) is 0 Å². The van der Waals surface area contributed by atoms with Gasteiger partial charge in [-0.25, -0.2) is 4.79 Å². The Kier molecular flexibility index (Phi) is 7.14. The predicted octanol–water partition coefficient (Wildman–Crippen LogP) is 3.88. The fraction of sp³-hybridized carbons (Fsp3) is 0.190. The first-order valence-corrected chi connectivity index (χ1v) is 7.92. The zero-order valence-corrected chi connectivity index (χ0v) is 14.3. The van der Waals surface area contributed by atoms with Crippen molar-refractivity contribution in [1.29, 1.82) is 0 Å². The average Bonchev–Trinajstić information content (AvgIpc) is 2.65. The molecular formula is C21H20O4. The van der Waals surface area contributed by atoms with Crippen molar-refractivity contribution >= 4 is 5.97 Å². The van der Waals surface area contributed by atoms with Crippen molar-refractivity contribution in [2.75, 3.05) is 13.7 Å². The van der Waals surface area contributed by atoms with Crippen LogP contribution in [0.4, 0.5) is 0 Å². The van der Waals surface area contributed by atoms with E-state index in [1.54, 1.807) is 14.0 Å². The summed E-state index contributed by atoms with van der Waals surface area (Å²) in [4.78, 5) is 11.4. The molecule has 2 aromatic carbocycles. The van der Waals surface area contributed by atoms with Crippen LogP contribution in [0.3, 0.4) is 0 Å². The smallest absolute Gasteiger partial charge is 0.333 e. The summed E-state index contributed by atoms with van der Waals surface area (Å²) in [6.07, 6.45) is 2.04. The molecule has 0 spiro atoms. The Hall–Kier alpha value is -3.19. The van der Waals surface area contributed by atoms with Gasteiger partial charge >= 0.3 is 5.97 Å². The van der Waals surface area contributed by atoms with Crippen LogP contribution in [0.25, 0.3) is 0 Å². The Labute approximate surface area is 148 Å². The summed E-state index contributed by atoms with van der Waals surface area (Å²) in [5.74, 6) is 6.46. The molecule has 0 amide bonds. The zero-order chi connectivity index (χ0) is 17.9. The monoisotopic (exact) mass is 336 g/mol. The molecule has 0 saturated carbocycles. The van der Waals surface area contributed by atoms with Gasteiger partial charge in [-0.1, -0.05) is 36.3 Å². The first-order chi connectivity index (χ1) is 12.2.